The van der Waals surface area contributed by atoms with E-state index in [4.69, 9.17) is 4.74 Å². The molecule has 27 heavy (non-hydrogen) atoms. The number of fused-ring (bicyclic) bond motifs is 1. The fourth-order valence-corrected chi connectivity index (χ4v) is 3.07. The molecule has 0 radical (unpaired) electrons. The van der Waals surface area contributed by atoms with Crippen LogP contribution < -0.4 is 5.32 Å². The number of pyridine rings is 1. The normalized spacial score (nSPS) is 13.6. The van der Waals surface area contributed by atoms with Gasteiger partial charge < -0.3 is 10.1 Å². The molecule has 6 heteroatoms. The van der Waals surface area contributed by atoms with Crippen LogP contribution >= 0.6 is 0 Å². The summed E-state index contributed by atoms with van der Waals surface area (Å²) in [6.07, 6.45) is 5.74. The van der Waals surface area contributed by atoms with E-state index in [1.807, 2.05) is 6.07 Å². The summed E-state index contributed by atoms with van der Waals surface area (Å²) in [6.45, 7) is 3.48. The van der Waals surface area contributed by atoms with E-state index in [0.717, 1.165) is 43.0 Å². The van der Waals surface area contributed by atoms with Gasteiger partial charge in [-0.1, -0.05) is 6.07 Å². The van der Waals surface area contributed by atoms with E-state index in [1.54, 1.807) is 20.0 Å². The van der Waals surface area contributed by atoms with Crippen molar-refractivity contribution in [3.8, 4) is 0 Å². The lowest BCUT2D eigenvalue weighted by molar-refractivity contribution is 0.0389. The molecule has 1 heterocycles. The minimum Gasteiger partial charge on any atom is -0.460 e. The van der Waals surface area contributed by atoms with Crippen molar-refractivity contribution >= 4 is 11.9 Å². The van der Waals surface area contributed by atoms with Crippen LogP contribution in [0.5, 0.6) is 0 Å². The van der Waals surface area contributed by atoms with E-state index >= 15 is 0 Å². The molecule has 0 saturated heterocycles. The Kier molecular flexibility index (Phi) is 5.54. The standard InChI is InChI=1S/C21H23FN2O3/c1-21(2,13-27-20(26)15-7-5-8-17(22)11-15)24-19(25)16-10-14-6-3-4-9-18(14)23-12-16/h5,7-8,10-12H,3-4,6,9,13H2,1-2H3,(H,24,25). The molecular formula is C21H23FN2O3. The molecule has 3 rings (SSSR count). The molecule has 0 saturated carbocycles. The lowest BCUT2D eigenvalue weighted by Gasteiger charge is -2.26. The Labute approximate surface area is 158 Å². The molecule has 0 atom stereocenters. The second kappa shape index (κ2) is 7.86. The maximum Gasteiger partial charge on any atom is 0.338 e. The minimum absolute atomic E-state index is 0.0353. The van der Waals surface area contributed by atoms with E-state index in [2.05, 4.69) is 10.3 Å². The summed E-state index contributed by atoms with van der Waals surface area (Å²) < 4.78 is 18.4. The van der Waals surface area contributed by atoms with E-state index in [-0.39, 0.29) is 18.1 Å². The molecule has 0 unspecified atom stereocenters. The number of carbonyl (C=O) groups is 2. The molecule has 0 fully saturated rings. The van der Waals surface area contributed by atoms with Gasteiger partial charge in [0.1, 0.15) is 12.4 Å². The molecule has 1 aromatic heterocycles. The molecule has 1 N–H and O–H groups in total. The first-order valence-corrected chi connectivity index (χ1v) is 9.07. The zero-order chi connectivity index (χ0) is 19.4. The van der Waals surface area contributed by atoms with Crippen molar-refractivity contribution in [2.24, 2.45) is 0 Å². The van der Waals surface area contributed by atoms with Gasteiger partial charge in [-0.25, -0.2) is 9.18 Å². The van der Waals surface area contributed by atoms with Crippen LogP contribution in [0.3, 0.4) is 0 Å². The lowest BCUT2D eigenvalue weighted by atomic mass is 9.95. The number of carbonyl (C=O) groups excluding carboxylic acids is 2. The highest BCUT2D eigenvalue weighted by atomic mass is 19.1. The summed E-state index contributed by atoms with van der Waals surface area (Å²) in [5.41, 5.74) is 2.05. The third-order valence-corrected chi connectivity index (χ3v) is 4.51. The number of aromatic nitrogens is 1. The molecular weight excluding hydrogens is 347 g/mol. The summed E-state index contributed by atoms with van der Waals surface area (Å²) in [6, 6.07) is 7.20. The van der Waals surface area contributed by atoms with Crippen LogP contribution in [0.1, 0.15) is 58.7 Å². The van der Waals surface area contributed by atoms with Crippen LogP contribution in [0.4, 0.5) is 4.39 Å². The smallest absolute Gasteiger partial charge is 0.338 e. The second-order valence-corrected chi connectivity index (χ2v) is 7.46. The van der Waals surface area contributed by atoms with Crippen molar-refractivity contribution in [1.82, 2.24) is 10.3 Å². The highest BCUT2D eigenvalue weighted by molar-refractivity contribution is 5.94. The van der Waals surface area contributed by atoms with Crippen LogP contribution in [0.15, 0.2) is 36.5 Å². The van der Waals surface area contributed by atoms with Crippen LogP contribution in [0.25, 0.3) is 0 Å². The fourth-order valence-electron chi connectivity index (χ4n) is 3.07. The van der Waals surface area contributed by atoms with Crippen LogP contribution in [0.2, 0.25) is 0 Å². The van der Waals surface area contributed by atoms with Crippen molar-refractivity contribution in [3.63, 3.8) is 0 Å². The van der Waals surface area contributed by atoms with E-state index < -0.39 is 17.3 Å². The number of esters is 1. The number of aryl methyl sites for hydroxylation is 2. The molecule has 1 aliphatic rings. The van der Waals surface area contributed by atoms with Gasteiger partial charge in [0.15, 0.2) is 0 Å². The number of hydrogen-bond donors (Lipinski definition) is 1. The summed E-state index contributed by atoms with van der Waals surface area (Å²) in [5, 5.41) is 2.87. The second-order valence-electron chi connectivity index (χ2n) is 7.46. The third kappa shape index (κ3) is 4.90. The quantitative estimate of drug-likeness (QED) is 0.819. The number of ether oxygens (including phenoxy) is 1. The predicted octanol–water partition coefficient (Wildman–Crippen LogP) is 3.46. The highest BCUT2D eigenvalue weighted by Gasteiger charge is 2.25. The van der Waals surface area contributed by atoms with E-state index in [9.17, 15) is 14.0 Å². The Morgan fingerprint density at radius 1 is 1.19 bits per heavy atom. The van der Waals surface area contributed by atoms with Gasteiger partial charge >= 0.3 is 5.97 Å². The molecule has 0 aliphatic heterocycles. The largest absolute Gasteiger partial charge is 0.460 e. The van der Waals surface area contributed by atoms with Crippen LogP contribution in [-0.4, -0.2) is 29.0 Å². The zero-order valence-corrected chi connectivity index (χ0v) is 15.5. The Balaban J connectivity index is 1.60. The van der Waals surface area contributed by atoms with Crippen molar-refractivity contribution < 1.29 is 18.7 Å². The first kappa shape index (κ1) is 19.0. The molecule has 1 aromatic carbocycles. The van der Waals surface area contributed by atoms with Crippen molar-refractivity contribution in [3.05, 3.63) is 64.7 Å². The maximum absolute atomic E-state index is 13.2. The molecule has 2 aromatic rings. The Bertz CT molecular complexity index is 864. The number of rotatable bonds is 5. The summed E-state index contributed by atoms with van der Waals surface area (Å²) in [7, 11) is 0. The van der Waals surface area contributed by atoms with Gasteiger partial charge in [-0.2, -0.15) is 0 Å². The number of halogens is 1. The summed E-state index contributed by atoms with van der Waals surface area (Å²) in [5.74, 6) is -1.40. The topological polar surface area (TPSA) is 68.3 Å². The molecule has 0 bridgehead atoms. The number of benzene rings is 1. The molecule has 142 valence electrons. The Hall–Kier alpha value is -2.76. The fraction of sp³-hybridized carbons (Fsp3) is 0.381. The van der Waals surface area contributed by atoms with Gasteiger partial charge in [-0.3, -0.25) is 9.78 Å². The van der Waals surface area contributed by atoms with Crippen molar-refractivity contribution in [1.29, 1.82) is 0 Å². The van der Waals surface area contributed by atoms with Gasteiger partial charge in [0, 0.05) is 11.9 Å². The number of hydrogen-bond acceptors (Lipinski definition) is 4. The Morgan fingerprint density at radius 2 is 1.96 bits per heavy atom. The third-order valence-electron chi connectivity index (χ3n) is 4.51. The summed E-state index contributed by atoms with van der Waals surface area (Å²) >= 11 is 0. The van der Waals surface area contributed by atoms with Gasteiger partial charge in [-0.15, -0.1) is 0 Å². The van der Waals surface area contributed by atoms with E-state index in [0.29, 0.717) is 5.56 Å². The number of nitrogens with zero attached hydrogens (tertiary/aromatic N) is 1. The first-order valence-electron chi connectivity index (χ1n) is 9.07. The minimum atomic E-state index is -0.782. The van der Waals surface area contributed by atoms with Gasteiger partial charge in [0.05, 0.1) is 16.7 Å². The zero-order valence-electron chi connectivity index (χ0n) is 15.5. The molecule has 0 spiro atoms. The number of nitrogens with one attached hydrogen (secondary N) is 1. The molecule has 1 aliphatic carbocycles. The number of amides is 1. The predicted molar refractivity (Wildman–Crippen MR) is 99.1 cm³/mol. The highest BCUT2D eigenvalue weighted by Crippen LogP contribution is 2.20. The van der Waals surface area contributed by atoms with Gasteiger partial charge in [0.25, 0.3) is 5.91 Å². The monoisotopic (exact) mass is 370 g/mol. The average molecular weight is 370 g/mol. The van der Waals surface area contributed by atoms with Crippen LogP contribution in [0, 0.1) is 5.82 Å². The Morgan fingerprint density at radius 3 is 2.74 bits per heavy atom. The van der Waals surface area contributed by atoms with Gasteiger partial charge in [0.2, 0.25) is 0 Å². The SMILES string of the molecule is CC(C)(COC(=O)c1cccc(F)c1)NC(=O)c1cnc2c(c1)CCCC2. The summed E-state index contributed by atoms with van der Waals surface area (Å²) in [4.78, 5) is 29.0. The molecule has 5 nitrogen and oxygen atoms in total. The van der Waals surface area contributed by atoms with Crippen molar-refractivity contribution in [2.45, 2.75) is 45.1 Å². The maximum atomic E-state index is 13.2. The van der Waals surface area contributed by atoms with Gasteiger partial charge in [-0.05, 0) is 69.4 Å². The van der Waals surface area contributed by atoms with Crippen molar-refractivity contribution in [2.75, 3.05) is 6.61 Å². The average Bonchev–Trinajstić information content (AvgIpc) is 2.65. The lowest BCUT2D eigenvalue weighted by Crippen LogP contribution is -2.47. The van der Waals surface area contributed by atoms with Crippen LogP contribution in [-0.2, 0) is 17.6 Å². The van der Waals surface area contributed by atoms with E-state index in [1.165, 1.54) is 18.2 Å². The first-order chi connectivity index (χ1) is 12.8. The molecule has 1 amide bonds.